The van der Waals surface area contributed by atoms with E-state index in [1.165, 1.54) is 12.0 Å². The Morgan fingerprint density at radius 1 is 1.05 bits per heavy atom. The third-order valence-electron chi connectivity index (χ3n) is 8.14. The molecule has 4 N–H and O–H groups in total. The largest absolute Gasteiger partial charge is 0.355 e. The predicted molar refractivity (Wildman–Crippen MR) is 184 cm³/mol. The lowest BCUT2D eigenvalue weighted by Gasteiger charge is -2.23. The normalized spacial score (nSPS) is 18.7. The number of nitrogens with one attached hydrogen (secondary N) is 4. The van der Waals surface area contributed by atoms with Crippen LogP contribution < -0.4 is 21.3 Å². The number of allylic oxidation sites excluding steroid dienone is 7. The van der Waals surface area contributed by atoms with Crippen molar-refractivity contribution in [2.24, 2.45) is 15.9 Å². The minimum absolute atomic E-state index is 0.0545. The molecule has 2 rings (SSSR count). The van der Waals surface area contributed by atoms with Crippen molar-refractivity contribution in [1.82, 2.24) is 26.2 Å². The van der Waals surface area contributed by atoms with E-state index in [1.807, 2.05) is 40.1 Å². The highest BCUT2D eigenvalue weighted by Gasteiger charge is 2.26. The van der Waals surface area contributed by atoms with Gasteiger partial charge in [0.1, 0.15) is 11.7 Å². The van der Waals surface area contributed by atoms with Crippen molar-refractivity contribution >= 4 is 17.6 Å². The van der Waals surface area contributed by atoms with E-state index >= 15 is 0 Å². The zero-order valence-corrected chi connectivity index (χ0v) is 27.5. The van der Waals surface area contributed by atoms with Crippen molar-refractivity contribution in [1.29, 1.82) is 0 Å². The van der Waals surface area contributed by atoms with E-state index in [0.29, 0.717) is 12.6 Å². The molecule has 1 amide bonds. The number of likely N-dealkylation sites (N-methyl/N-ethyl adjacent to an activating group) is 2. The topological polar surface area (TPSA) is 93.1 Å². The molecule has 0 bridgehead atoms. The molecule has 1 heterocycles. The van der Waals surface area contributed by atoms with Crippen molar-refractivity contribution in [2.45, 2.75) is 70.9 Å². The molecule has 1 fully saturated rings. The van der Waals surface area contributed by atoms with Crippen LogP contribution in [0.15, 0.2) is 94.3 Å². The van der Waals surface area contributed by atoms with Crippen molar-refractivity contribution in [3.8, 4) is 0 Å². The summed E-state index contributed by atoms with van der Waals surface area (Å²) >= 11 is 0. The van der Waals surface area contributed by atoms with Gasteiger partial charge < -0.3 is 21.3 Å². The summed E-state index contributed by atoms with van der Waals surface area (Å²) in [5.41, 5.74) is 5.73. The third-order valence-corrected chi connectivity index (χ3v) is 8.14. The van der Waals surface area contributed by atoms with Gasteiger partial charge in [0.05, 0.1) is 12.1 Å². The number of unbranched alkanes of at least 4 members (excludes halogenated alkanes) is 1. The highest BCUT2D eigenvalue weighted by molar-refractivity contribution is 5.89. The Bertz CT molecular complexity index is 1180. The molecule has 0 radical (unpaired) electrons. The van der Waals surface area contributed by atoms with Crippen LogP contribution in [0.3, 0.4) is 0 Å². The quantitative estimate of drug-likeness (QED) is 0.0861. The fourth-order valence-corrected chi connectivity index (χ4v) is 5.33. The molecule has 0 aromatic carbocycles. The molecular weight excluding hydrogens is 534 g/mol. The minimum atomic E-state index is -0.163. The molecule has 1 saturated heterocycles. The first-order valence-corrected chi connectivity index (χ1v) is 15.5. The van der Waals surface area contributed by atoms with Gasteiger partial charge in [-0.05, 0) is 87.4 Å². The van der Waals surface area contributed by atoms with E-state index < -0.39 is 0 Å². The third kappa shape index (κ3) is 11.3. The second-order valence-electron chi connectivity index (χ2n) is 11.7. The fourth-order valence-electron chi connectivity index (χ4n) is 5.33. The van der Waals surface area contributed by atoms with E-state index in [-0.39, 0.29) is 17.9 Å². The monoisotopic (exact) mass is 589 g/mol. The molecule has 8 heteroatoms. The summed E-state index contributed by atoms with van der Waals surface area (Å²) in [4.78, 5) is 23.5. The second kappa shape index (κ2) is 18.2. The summed E-state index contributed by atoms with van der Waals surface area (Å²) in [6, 6.07) is 0.135. The van der Waals surface area contributed by atoms with Gasteiger partial charge in [0, 0.05) is 38.5 Å². The Morgan fingerprint density at radius 2 is 1.74 bits per heavy atom. The van der Waals surface area contributed by atoms with Gasteiger partial charge in [-0.25, -0.2) is 0 Å². The van der Waals surface area contributed by atoms with Gasteiger partial charge in [-0.15, -0.1) is 0 Å². The van der Waals surface area contributed by atoms with Crippen LogP contribution in [0.5, 0.6) is 0 Å². The van der Waals surface area contributed by atoms with Crippen LogP contribution >= 0.6 is 0 Å². The van der Waals surface area contributed by atoms with Crippen molar-refractivity contribution in [3.63, 3.8) is 0 Å². The SMILES string of the molecule is C=C(/C=C\C(=C)C1=CC=C(C(=C)NC(CCCCNC(=O)[C@@H](NC)C(C)C)=NC)CC1)C(=C)NC(=NC)C1CCCN1C. The number of rotatable bonds is 16. The summed E-state index contributed by atoms with van der Waals surface area (Å²) in [6.07, 6.45) is 14.8. The Hall–Kier alpha value is -3.49. The summed E-state index contributed by atoms with van der Waals surface area (Å²) in [5.74, 6) is 2.14. The van der Waals surface area contributed by atoms with Crippen LogP contribution in [-0.2, 0) is 4.79 Å². The van der Waals surface area contributed by atoms with Crippen LogP contribution in [0.2, 0.25) is 0 Å². The second-order valence-corrected chi connectivity index (χ2v) is 11.7. The number of likely N-dealkylation sites (tertiary alicyclic amines) is 1. The van der Waals surface area contributed by atoms with Crippen LogP contribution in [0, 0.1) is 5.92 Å². The number of carbonyl (C=O) groups is 1. The summed E-state index contributed by atoms with van der Waals surface area (Å²) in [5, 5.41) is 12.9. The molecular formula is C35H55N7O. The first kappa shape index (κ1) is 35.7. The van der Waals surface area contributed by atoms with E-state index in [4.69, 9.17) is 0 Å². The summed E-state index contributed by atoms with van der Waals surface area (Å²) in [7, 11) is 7.56. The molecule has 1 aliphatic carbocycles. The fraction of sp³-hybridized carbons (Fsp3) is 0.514. The lowest BCUT2D eigenvalue weighted by Crippen LogP contribution is -2.46. The van der Waals surface area contributed by atoms with Crippen LogP contribution in [0.25, 0.3) is 0 Å². The number of carbonyl (C=O) groups excluding carboxylic acids is 1. The van der Waals surface area contributed by atoms with E-state index in [0.717, 1.165) is 84.9 Å². The molecule has 0 aromatic heterocycles. The van der Waals surface area contributed by atoms with Gasteiger partial charge >= 0.3 is 0 Å². The molecule has 1 aliphatic heterocycles. The Balaban J connectivity index is 1.81. The molecule has 8 nitrogen and oxygen atoms in total. The number of amidine groups is 2. The highest BCUT2D eigenvalue weighted by atomic mass is 16.2. The Morgan fingerprint density at radius 3 is 2.30 bits per heavy atom. The van der Waals surface area contributed by atoms with Gasteiger partial charge in [0.15, 0.2) is 0 Å². The number of hydrogen-bond acceptors (Lipinski definition) is 5. The summed E-state index contributed by atoms with van der Waals surface area (Å²) < 4.78 is 0. The lowest BCUT2D eigenvalue weighted by molar-refractivity contribution is -0.124. The van der Waals surface area contributed by atoms with Crippen LogP contribution in [-0.4, -0.2) is 75.8 Å². The molecule has 1 unspecified atom stereocenters. The predicted octanol–water partition coefficient (Wildman–Crippen LogP) is 5.19. The number of aliphatic imine (C=N–C) groups is 2. The first-order valence-electron chi connectivity index (χ1n) is 15.5. The van der Waals surface area contributed by atoms with Gasteiger partial charge in [0.25, 0.3) is 0 Å². The van der Waals surface area contributed by atoms with Crippen molar-refractivity contribution in [2.75, 3.05) is 41.3 Å². The summed E-state index contributed by atoms with van der Waals surface area (Å²) in [6.45, 7) is 22.7. The number of nitrogens with zero attached hydrogens (tertiary/aromatic N) is 3. The maximum atomic E-state index is 12.3. The van der Waals surface area contributed by atoms with E-state index in [9.17, 15) is 4.79 Å². The maximum Gasteiger partial charge on any atom is 0.237 e. The average Bonchev–Trinajstić information content (AvgIpc) is 3.42. The van der Waals surface area contributed by atoms with Gasteiger partial charge in [-0.1, -0.05) is 64.5 Å². The zero-order valence-electron chi connectivity index (χ0n) is 27.5. The van der Waals surface area contributed by atoms with E-state index in [1.54, 1.807) is 7.05 Å². The van der Waals surface area contributed by atoms with Gasteiger partial charge in [0.2, 0.25) is 5.91 Å². The van der Waals surface area contributed by atoms with Gasteiger partial charge in [-0.2, -0.15) is 0 Å². The maximum absolute atomic E-state index is 12.3. The molecule has 0 aromatic rings. The minimum Gasteiger partial charge on any atom is -0.355 e. The lowest BCUT2D eigenvalue weighted by atomic mass is 9.92. The number of hydrogen-bond donors (Lipinski definition) is 4. The molecule has 2 atom stereocenters. The van der Waals surface area contributed by atoms with Crippen LogP contribution in [0.4, 0.5) is 0 Å². The molecule has 0 spiro atoms. The molecule has 236 valence electrons. The highest BCUT2D eigenvalue weighted by Crippen LogP contribution is 2.27. The molecule has 0 saturated carbocycles. The van der Waals surface area contributed by atoms with Crippen molar-refractivity contribution in [3.05, 3.63) is 84.3 Å². The van der Waals surface area contributed by atoms with Crippen LogP contribution in [0.1, 0.15) is 58.8 Å². The van der Waals surface area contributed by atoms with Crippen molar-refractivity contribution < 1.29 is 4.79 Å². The smallest absolute Gasteiger partial charge is 0.237 e. The van der Waals surface area contributed by atoms with Gasteiger partial charge in [-0.3, -0.25) is 19.7 Å². The zero-order chi connectivity index (χ0) is 31.9. The first-order chi connectivity index (χ1) is 20.5. The average molecular weight is 590 g/mol. The Labute approximate surface area is 260 Å². The molecule has 43 heavy (non-hydrogen) atoms. The molecule has 2 aliphatic rings. The Kier molecular flexibility index (Phi) is 15.1. The standard InChI is InChI=1S/C35H55N7O/c1-24(2)33(37-8)35(43)39-22-12-11-15-32(36-7)40-28(6)30-20-18-29(19-21-30)26(4)17-16-25(3)27(5)41-34(38-9)31-14-13-23-42(31)10/h16-18,20,24,31,33,37H,3-6,11-15,19,21-23H2,1-2,7-10H3,(H,36,40)(H,38,41)(H,39,43)/b17-16-/t31?,33-/m0/s1. The number of amides is 1. The van der Waals surface area contributed by atoms with E-state index in [2.05, 4.69) is 81.7 Å².